The van der Waals surface area contributed by atoms with E-state index >= 15 is 0 Å². The highest BCUT2D eigenvalue weighted by molar-refractivity contribution is 7.99. The number of aliphatic hydroxyl groups is 1. The van der Waals surface area contributed by atoms with Crippen molar-refractivity contribution >= 4 is 22.8 Å². The Hall–Kier alpha value is -1.00. The van der Waals surface area contributed by atoms with Crippen LogP contribution < -0.4 is 0 Å². The van der Waals surface area contributed by atoms with Crippen LogP contribution in [0.25, 0.3) is 11.0 Å². The van der Waals surface area contributed by atoms with Crippen molar-refractivity contribution in [1.82, 2.24) is 9.55 Å². The van der Waals surface area contributed by atoms with E-state index in [-0.39, 0.29) is 0 Å². The SMILES string of the molecule is CCCCCCCCC1(O)CSc2nc3ccccc3n21. The number of imidazole rings is 1. The van der Waals surface area contributed by atoms with Crippen molar-refractivity contribution in [2.45, 2.75) is 62.8 Å². The van der Waals surface area contributed by atoms with Gasteiger partial charge in [0.15, 0.2) is 10.9 Å². The fourth-order valence-corrected chi connectivity index (χ4v) is 4.31. The van der Waals surface area contributed by atoms with Crippen LogP contribution in [0.1, 0.15) is 51.9 Å². The Kier molecular flexibility index (Phi) is 4.55. The number of hydrogen-bond acceptors (Lipinski definition) is 3. The van der Waals surface area contributed by atoms with Gasteiger partial charge >= 0.3 is 0 Å². The number of aromatic nitrogens is 2. The highest BCUT2D eigenvalue weighted by atomic mass is 32.2. The van der Waals surface area contributed by atoms with E-state index in [9.17, 15) is 5.11 Å². The summed E-state index contributed by atoms with van der Waals surface area (Å²) in [7, 11) is 0. The van der Waals surface area contributed by atoms with E-state index in [0.717, 1.165) is 34.8 Å². The molecule has 0 amide bonds. The monoisotopic (exact) mass is 304 g/mol. The third-order valence-electron chi connectivity index (χ3n) is 4.31. The molecule has 0 aliphatic carbocycles. The first-order chi connectivity index (χ1) is 10.2. The Balaban J connectivity index is 1.67. The number of unbranched alkanes of at least 4 members (excludes halogenated alkanes) is 5. The molecule has 1 aromatic heterocycles. The summed E-state index contributed by atoms with van der Waals surface area (Å²) >= 11 is 1.67. The van der Waals surface area contributed by atoms with Crippen molar-refractivity contribution in [3.63, 3.8) is 0 Å². The fourth-order valence-electron chi connectivity index (χ4n) is 3.12. The minimum Gasteiger partial charge on any atom is -0.370 e. The van der Waals surface area contributed by atoms with Crippen LogP contribution in [-0.2, 0) is 5.72 Å². The van der Waals surface area contributed by atoms with Crippen molar-refractivity contribution in [1.29, 1.82) is 0 Å². The molecule has 4 heteroatoms. The molecule has 1 N–H and O–H groups in total. The van der Waals surface area contributed by atoms with Gasteiger partial charge in [0.25, 0.3) is 0 Å². The van der Waals surface area contributed by atoms with Crippen LogP contribution in [0.3, 0.4) is 0 Å². The van der Waals surface area contributed by atoms with Crippen LogP contribution in [0.15, 0.2) is 29.4 Å². The van der Waals surface area contributed by atoms with Crippen LogP contribution in [-0.4, -0.2) is 20.4 Å². The molecule has 0 radical (unpaired) electrons. The lowest BCUT2D eigenvalue weighted by Crippen LogP contribution is -2.32. The van der Waals surface area contributed by atoms with Crippen LogP contribution in [0.5, 0.6) is 0 Å². The van der Waals surface area contributed by atoms with E-state index in [2.05, 4.69) is 22.5 Å². The van der Waals surface area contributed by atoms with Gasteiger partial charge in [-0.05, 0) is 25.0 Å². The van der Waals surface area contributed by atoms with Crippen LogP contribution >= 0.6 is 11.8 Å². The molecule has 2 aromatic rings. The summed E-state index contributed by atoms with van der Waals surface area (Å²) < 4.78 is 2.05. The largest absolute Gasteiger partial charge is 0.370 e. The molecule has 1 unspecified atom stereocenters. The smallest absolute Gasteiger partial charge is 0.171 e. The third kappa shape index (κ3) is 2.97. The Morgan fingerprint density at radius 3 is 2.81 bits per heavy atom. The van der Waals surface area contributed by atoms with E-state index in [4.69, 9.17) is 0 Å². The molecule has 1 aliphatic heterocycles. The van der Waals surface area contributed by atoms with Crippen LogP contribution in [0.4, 0.5) is 0 Å². The van der Waals surface area contributed by atoms with Crippen LogP contribution in [0.2, 0.25) is 0 Å². The van der Waals surface area contributed by atoms with Gasteiger partial charge in [0.2, 0.25) is 0 Å². The van der Waals surface area contributed by atoms with Crippen molar-refractivity contribution in [2.75, 3.05) is 5.75 Å². The lowest BCUT2D eigenvalue weighted by atomic mass is 10.0. The Labute approximate surface area is 130 Å². The minimum atomic E-state index is -0.749. The van der Waals surface area contributed by atoms with Gasteiger partial charge in [0.1, 0.15) is 0 Å². The number of fused-ring (bicyclic) bond motifs is 3. The summed E-state index contributed by atoms with van der Waals surface area (Å²) in [5.41, 5.74) is 1.30. The second-order valence-corrected chi connectivity index (χ2v) is 6.95. The second-order valence-electron chi connectivity index (χ2n) is 6.01. The van der Waals surface area contributed by atoms with Crippen molar-refractivity contribution in [3.05, 3.63) is 24.3 Å². The maximum Gasteiger partial charge on any atom is 0.171 e. The molecule has 114 valence electrons. The molecular weight excluding hydrogens is 280 g/mol. The summed E-state index contributed by atoms with van der Waals surface area (Å²) in [6.07, 6.45) is 8.36. The number of para-hydroxylation sites is 2. The zero-order valence-corrected chi connectivity index (χ0v) is 13.5. The molecule has 0 saturated carbocycles. The van der Waals surface area contributed by atoms with Gasteiger partial charge in [-0.15, -0.1) is 0 Å². The number of hydrogen-bond donors (Lipinski definition) is 1. The average molecular weight is 304 g/mol. The highest BCUT2D eigenvalue weighted by Crippen LogP contribution is 2.41. The zero-order valence-electron chi connectivity index (χ0n) is 12.7. The average Bonchev–Trinajstić information content (AvgIpc) is 3.01. The maximum absolute atomic E-state index is 11.0. The quantitative estimate of drug-likeness (QED) is 0.763. The molecular formula is C17H24N2OS. The zero-order chi connectivity index (χ0) is 14.7. The minimum absolute atomic E-state index is 0.731. The van der Waals surface area contributed by atoms with E-state index < -0.39 is 5.72 Å². The molecule has 1 atom stereocenters. The summed E-state index contributed by atoms with van der Waals surface area (Å²) in [6, 6.07) is 8.10. The van der Waals surface area contributed by atoms with Crippen molar-refractivity contribution in [3.8, 4) is 0 Å². The van der Waals surface area contributed by atoms with Gasteiger partial charge < -0.3 is 5.11 Å². The first-order valence-electron chi connectivity index (χ1n) is 8.08. The molecule has 0 bridgehead atoms. The third-order valence-corrected chi connectivity index (χ3v) is 5.45. The Morgan fingerprint density at radius 1 is 1.19 bits per heavy atom. The van der Waals surface area contributed by atoms with E-state index in [1.165, 1.54) is 32.1 Å². The predicted molar refractivity (Wildman–Crippen MR) is 88.6 cm³/mol. The Morgan fingerprint density at radius 2 is 1.95 bits per heavy atom. The molecule has 3 nitrogen and oxygen atoms in total. The van der Waals surface area contributed by atoms with Crippen molar-refractivity contribution in [2.24, 2.45) is 0 Å². The van der Waals surface area contributed by atoms with E-state index in [0.29, 0.717) is 0 Å². The Bertz CT molecular complexity index is 610. The second kappa shape index (κ2) is 6.41. The number of nitrogens with zero attached hydrogens (tertiary/aromatic N) is 2. The molecule has 2 heterocycles. The molecule has 0 fully saturated rings. The fraction of sp³-hybridized carbons (Fsp3) is 0.588. The topological polar surface area (TPSA) is 38.1 Å². The summed E-state index contributed by atoms with van der Waals surface area (Å²) in [4.78, 5) is 4.62. The first kappa shape index (κ1) is 14.9. The van der Waals surface area contributed by atoms with E-state index in [1.54, 1.807) is 11.8 Å². The van der Waals surface area contributed by atoms with Gasteiger partial charge in [-0.1, -0.05) is 62.9 Å². The molecule has 0 spiro atoms. The van der Waals surface area contributed by atoms with E-state index in [1.807, 2.05) is 18.2 Å². The normalized spacial score (nSPS) is 21.0. The van der Waals surface area contributed by atoms with Gasteiger partial charge in [0.05, 0.1) is 11.0 Å². The highest BCUT2D eigenvalue weighted by Gasteiger charge is 2.38. The summed E-state index contributed by atoms with van der Waals surface area (Å²) in [5.74, 6) is 0.731. The van der Waals surface area contributed by atoms with Crippen LogP contribution in [0, 0.1) is 0 Å². The molecule has 3 rings (SSSR count). The molecule has 0 saturated heterocycles. The molecule has 1 aliphatic rings. The number of rotatable bonds is 7. The maximum atomic E-state index is 11.0. The van der Waals surface area contributed by atoms with Gasteiger partial charge in [-0.2, -0.15) is 0 Å². The standard InChI is InChI=1S/C17H24N2OS/c1-2-3-4-5-6-9-12-17(20)13-21-16-18-14-10-7-8-11-15(14)19(16)17/h7-8,10-11,20H,2-6,9,12-13H2,1H3. The molecule has 1 aromatic carbocycles. The lowest BCUT2D eigenvalue weighted by molar-refractivity contribution is -0.0211. The number of benzene rings is 1. The van der Waals surface area contributed by atoms with Gasteiger partial charge in [-0.25, -0.2) is 4.98 Å². The summed E-state index contributed by atoms with van der Waals surface area (Å²) in [5, 5.41) is 12.0. The first-order valence-corrected chi connectivity index (χ1v) is 9.06. The number of thioether (sulfide) groups is 1. The molecule has 21 heavy (non-hydrogen) atoms. The summed E-state index contributed by atoms with van der Waals surface area (Å²) in [6.45, 7) is 2.24. The van der Waals surface area contributed by atoms with Gasteiger partial charge in [-0.3, -0.25) is 4.57 Å². The lowest BCUT2D eigenvalue weighted by Gasteiger charge is -2.25. The van der Waals surface area contributed by atoms with Gasteiger partial charge in [0, 0.05) is 5.75 Å². The predicted octanol–water partition coefficient (Wildman–Crippen LogP) is 4.54. The van der Waals surface area contributed by atoms with Crippen molar-refractivity contribution < 1.29 is 5.11 Å².